The molecule has 0 saturated carbocycles. The lowest BCUT2D eigenvalue weighted by Gasteiger charge is -2.01. The van der Waals surface area contributed by atoms with E-state index in [4.69, 9.17) is 15.9 Å². The fourth-order valence-corrected chi connectivity index (χ4v) is 2.64. The summed E-state index contributed by atoms with van der Waals surface area (Å²) in [6, 6.07) is 0. The second-order valence-corrected chi connectivity index (χ2v) is 6.03. The van der Waals surface area contributed by atoms with E-state index in [1.54, 1.807) is 24.7 Å². The van der Waals surface area contributed by atoms with Crippen LogP contribution in [0.3, 0.4) is 0 Å². The van der Waals surface area contributed by atoms with Gasteiger partial charge in [-0.25, -0.2) is 15.0 Å². The third-order valence-electron chi connectivity index (χ3n) is 4.07. The van der Waals surface area contributed by atoms with E-state index in [9.17, 15) is 14.4 Å². The van der Waals surface area contributed by atoms with Crippen LogP contribution in [0.5, 0.6) is 0 Å². The zero-order chi connectivity index (χ0) is 22.3. The Morgan fingerprint density at radius 3 is 2.33 bits per heavy atom. The molecule has 0 radical (unpaired) electrons. The van der Waals surface area contributed by atoms with Gasteiger partial charge in [-0.2, -0.15) is 5.10 Å². The molecule has 0 aromatic carbocycles. The molecule has 0 atom stereocenters. The molecular formula is C19H20N6O5. The number of carbonyl (C=O) groups excluding carboxylic acids is 1. The average molecular weight is 412 g/mol. The number of nitrogens with zero attached hydrogens (tertiary/aromatic N) is 3. The number of carboxylic acids is 2. The van der Waals surface area contributed by atoms with E-state index in [-0.39, 0.29) is 5.91 Å². The maximum Gasteiger partial charge on any atom is 0.328 e. The molecule has 2 aromatic heterocycles. The Morgan fingerprint density at radius 2 is 1.83 bits per heavy atom. The fourth-order valence-electron chi connectivity index (χ4n) is 2.64. The van der Waals surface area contributed by atoms with Crippen molar-refractivity contribution in [3.8, 4) is 0 Å². The maximum atomic E-state index is 12.1. The van der Waals surface area contributed by atoms with Crippen LogP contribution in [0.2, 0.25) is 0 Å². The molecule has 1 aliphatic heterocycles. The number of aromatic amines is 1. The number of hydrogen-bond acceptors (Lipinski definition) is 7. The van der Waals surface area contributed by atoms with Crippen LogP contribution in [0, 0.1) is 13.8 Å². The average Bonchev–Trinajstić information content (AvgIpc) is 3.20. The van der Waals surface area contributed by atoms with Gasteiger partial charge in [-0.3, -0.25) is 14.8 Å². The number of carboxylic acid groups (broad SMARTS) is 2. The maximum absolute atomic E-state index is 12.1. The van der Waals surface area contributed by atoms with Gasteiger partial charge in [0, 0.05) is 42.5 Å². The van der Waals surface area contributed by atoms with Crippen LogP contribution in [0.15, 0.2) is 41.4 Å². The Labute approximate surface area is 171 Å². The van der Waals surface area contributed by atoms with Gasteiger partial charge in [0.05, 0.1) is 11.8 Å². The zero-order valence-corrected chi connectivity index (χ0v) is 16.2. The summed E-state index contributed by atoms with van der Waals surface area (Å²) in [6.45, 7) is 4.39. The summed E-state index contributed by atoms with van der Waals surface area (Å²) >= 11 is 0. The van der Waals surface area contributed by atoms with Crippen LogP contribution in [0.25, 0.3) is 6.08 Å². The fraction of sp³-hybridized carbons (Fsp3) is 0.158. The third-order valence-corrected chi connectivity index (χ3v) is 4.07. The van der Waals surface area contributed by atoms with Gasteiger partial charge in [0.1, 0.15) is 11.4 Å². The van der Waals surface area contributed by atoms with Crippen molar-refractivity contribution in [2.24, 2.45) is 10.8 Å². The van der Waals surface area contributed by atoms with Gasteiger partial charge in [0.2, 0.25) is 0 Å². The predicted octanol–water partition coefficient (Wildman–Crippen LogP) is 0.510. The summed E-state index contributed by atoms with van der Waals surface area (Å²) in [5, 5.41) is 19.7. The lowest BCUT2D eigenvalue weighted by Crippen LogP contribution is -2.14. The Balaban J connectivity index is 0.000000343. The number of nitrogens with two attached hydrogens (primary N) is 1. The number of aliphatic carboxylic acids is 2. The van der Waals surface area contributed by atoms with E-state index < -0.39 is 11.9 Å². The van der Waals surface area contributed by atoms with Gasteiger partial charge in [0.15, 0.2) is 0 Å². The van der Waals surface area contributed by atoms with Crippen LogP contribution in [-0.4, -0.2) is 48.7 Å². The molecule has 0 fully saturated rings. The molecule has 0 unspecified atom stereocenters. The van der Waals surface area contributed by atoms with E-state index >= 15 is 0 Å². The number of aryl methyl sites for hydroxylation is 1. The third kappa shape index (κ3) is 5.45. The minimum absolute atomic E-state index is 0.262. The van der Waals surface area contributed by atoms with Crippen molar-refractivity contribution in [1.29, 1.82) is 0 Å². The molecule has 6 N–H and O–H groups in total. The zero-order valence-electron chi connectivity index (χ0n) is 16.2. The number of rotatable bonds is 5. The number of hydrogen-bond donors (Lipinski definition) is 5. The highest BCUT2D eigenvalue weighted by Gasteiger charge is 2.25. The van der Waals surface area contributed by atoms with Gasteiger partial charge in [-0.05, 0) is 31.1 Å². The van der Waals surface area contributed by atoms with Crippen molar-refractivity contribution in [3.63, 3.8) is 0 Å². The molecule has 11 heteroatoms. The summed E-state index contributed by atoms with van der Waals surface area (Å²) in [4.78, 5) is 42.6. The van der Waals surface area contributed by atoms with Crippen molar-refractivity contribution >= 4 is 29.6 Å². The molecular weight excluding hydrogens is 392 g/mol. The van der Waals surface area contributed by atoms with Crippen molar-refractivity contribution in [1.82, 2.24) is 20.4 Å². The highest BCUT2D eigenvalue weighted by molar-refractivity contribution is 6.32. The summed E-state index contributed by atoms with van der Waals surface area (Å²) in [5.41, 5.74) is 13.7. The van der Waals surface area contributed by atoms with E-state index in [2.05, 4.69) is 25.5 Å². The number of amides is 1. The molecule has 0 bridgehead atoms. The van der Waals surface area contributed by atoms with Gasteiger partial charge in [-0.15, -0.1) is 0 Å². The standard InChI is InChI=1S/C15H16N6O.C4H4O4/c1-8-11(6-16)9(2)19-12(8)5-10-14(20-21-15(10)22)13-7-17-3-4-18-13;5-3(6)1-2-4(7)8/h3-5,7,19H,6,16H2,1-2H3,(H,21,22);1-2H,(H,5,6)(H,7,8). The number of nitrogens with one attached hydrogen (secondary N) is 2. The number of aromatic nitrogens is 3. The topological polar surface area (TPSA) is 184 Å². The smallest absolute Gasteiger partial charge is 0.328 e. The van der Waals surface area contributed by atoms with Gasteiger partial charge in [0.25, 0.3) is 5.91 Å². The molecule has 30 heavy (non-hydrogen) atoms. The normalized spacial score (nSPS) is 14.3. The van der Waals surface area contributed by atoms with Crippen molar-refractivity contribution in [3.05, 3.63) is 64.5 Å². The molecule has 1 aliphatic rings. The summed E-state index contributed by atoms with van der Waals surface area (Å²) in [7, 11) is 0. The summed E-state index contributed by atoms with van der Waals surface area (Å²) in [6.07, 6.45) is 7.60. The molecule has 2 aromatic rings. The van der Waals surface area contributed by atoms with Crippen LogP contribution in [-0.2, 0) is 20.9 Å². The van der Waals surface area contributed by atoms with E-state index in [1.807, 2.05) is 13.8 Å². The number of carbonyl (C=O) groups is 3. The molecule has 3 rings (SSSR count). The van der Waals surface area contributed by atoms with Crippen LogP contribution in [0.4, 0.5) is 0 Å². The van der Waals surface area contributed by atoms with Crippen molar-refractivity contribution in [2.75, 3.05) is 0 Å². The van der Waals surface area contributed by atoms with Crippen LogP contribution in [0.1, 0.15) is 28.2 Å². The Morgan fingerprint density at radius 1 is 1.17 bits per heavy atom. The van der Waals surface area contributed by atoms with Crippen LogP contribution >= 0.6 is 0 Å². The summed E-state index contributed by atoms with van der Waals surface area (Å²) in [5.74, 6) is -2.78. The van der Waals surface area contributed by atoms with E-state index in [0.29, 0.717) is 35.7 Å². The van der Waals surface area contributed by atoms with Crippen molar-refractivity contribution < 1.29 is 24.6 Å². The molecule has 11 nitrogen and oxygen atoms in total. The first-order chi connectivity index (χ1) is 14.2. The second-order valence-electron chi connectivity index (χ2n) is 6.03. The van der Waals surface area contributed by atoms with E-state index in [1.165, 1.54) is 0 Å². The van der Waals surface area contributed by atoms with Gasteiger partial charge in [-0.1, -0.05) is 0 Å². The molecule has 3 heterocycles. The Kier molecular flexibility index (Phi) is 7.31. The second kappa shape index (κ2) is 9.89. The highest BCUT2D eigenvalue weighted by atomic mass is 16.4. The first kappa shape index (κ1) is 22.2. The van der Waals surface area contributed by atoms with E-state index in [0.717, 1.165) is 22.5 Å². The monoisotopic (exact) mass is 412 g/mol. The molecule has 0 spiro atoms. The molecule has 156 valence electrons. The lowest BCUT2D eigenvalue weighted by molar-refractivity contribution is -0.134. The molecule has 1 amide bonds. The minimum atomic E-state index is -1.26. The van der Waals surface area contributed by atoms with Crippen LogP contribution < -0.4 is 11.2 Å². The molecule has 0 saturated heterocycles. The number of hydrazone groups is 1. The SMILES string of the molecule is Cc1[nH]c(C=C2C(=O)NN=C2c2cnccn2)c(C)c1CN.O=C(O)C=CC(=O)O. The number of H-pyrrole nitrogens is 1. The first-order valence-electron chi connectivity index (χ1n) is 8.63. The minimum Gasteiger partial charge on any atom is -0.478 e. The van der Waals surface area contributed by atoms with Crippen molar-refractivity contribution in [2.45, 2.75) is 20.4 Å². The Bertz CT molecular complexity index is 1040. The highest BCUT2D eigenvalue weighted by Crippen LogP contribution is 2.22. The van der Waals surface area contributed by atoms with Gasteiger partial charge < -0.3 is 20.9 Å². The first-order valence-corrected chi connectivity index (χ1v) is 8.63. The Hall–Kier alpha value is -4.12. The quantitative estimate of drug-likeness (QED) is 0.440. The summed E-state index contributed by atoms with van der Waals surface area (Å²) < 4.78 is 0. The lowest BCUT2D eigenvalue weighted by atomic mass is 10.0. The largest absolute Gasteiger partial charge is 0.478 e. The van der Waals surface area contributed by atoms with Gasteiger partial charge >= 0.3 is 11.9 Å². The predicted molar refractivity (Wildman–Crippen MR) is 107 cm³/mol. The molecule has 0 aliphatic carbocycles.